The molecule has 1 N–H and O–H groups in total. The minimum Gasteiger partial charge on any atom is -0.317 e. The number of nitrogens with one attached hydrogen (secondary N) is 1. The van der Waals surface area contributed by atoms with Crippen LogP contribution in [0.2, 0.25) is 0 Å². The molecule has 108 valence electrons. The molecule has 1 aromatic heterocycles. The maximum Gasteiger partial charge on any atom is 0.219 e. The summed E-state index contributed by atoms with van der Waals surface area (Å²) in [5, 5.41) is 3.19. The van der Waals surface area contributed by atoms with E-state index in [1.807, 2.05) is 13.1 Å². The lowest BCUT2D eigenvalue weighted by atomic mass is 10.1. The lowest BCUT2D eigenvalue weighted by molar-refractivity contribution is 0.298. The monoisotopic (exact) mass is 305 g/mol. The summed E-state index contributed by atoms with van der Waals surface area (Å²) in [7, 11) is -1.31. The standard InChI is InChI=1S/C12H19N3O2S.ClH/c1-13-11-5-8-15(9-6-11)18(16,17)10-12-4-2-3-7-14-12;/h2-4,7,11,13H,5-6,8-10H2,1H3;1H. The Labute approximate surface area is 120 Å². The third kappa shape index (κ3) is 4.42. The van der Waals surface area contributed by atoms with E-state index in [-0.39, 0.29) is 18.2 Å². The Bertz CT molecular complexity index is 473. The maximum atomic E-state index is 12.2. The number of hydrogen-bond donors (Lipinski definition) is 1. The van der Waals surface area contributed by atoms with Crippen molar-refractivity contribution in [3.8, 4) is 0 Å². The van der Waals surface area contributed by atoms with Crippen molar-refractivity contribution >= 4 is 22.4 Å². The number of pyridine rings is 1. The van der Waals surface area contributed by atoms with Gasteiger partial charge in [-0.2, -0.15) is 0 Å². The maximum absolute atomic E-state index is 12.2. The van der Waals surface area contributed by atoms with Crippen LogP contribution in [0.3, 0.4) is 0 Å². The second-order valence-corrected chi connectivity index (χ2v) is 6.51. The zero-order chi connectivity index (χ0) is 13.0. The molecular formula is C12H20ClN3O2S. The normalized spacial score (nSPS) is 17.9. The number of rotatable bonds is 4. The molecule has 0 spiro atoms. The van der Waals surface area contributed by atoms with Gasteiger partial charge in [0.25, 0.3) is 0 Å². The zero-order valence-corrected chi connectivity index (χ0v) is 12.6. The minimum absolute atomic E-state index is 0. The van der Waals surface area contributed by atoms with Gasteiger partial charge in [-0.25, -0.2) is 12.7 Å². The van der Waals surface area contributed by atoms with Gasteiger partial charge in [0.1, 0.15) is 5.75 Å². The van der Waals surface area contributed by atoms with Crippen molar-refractivity contribution in [3.63, 3.8) is 0 Å². The highest BCUT2D eigenvalue weighted by atomic mass is 35.5. The SMILES string of the molecule is CNC1CCN(S(=O)(=O)Cc2ccccn2)CC1.Cl. The fraction of sp³-hybridized carbons (Fsp3) is 0.583. The van der Waals surface area contributed by atoms with Crippen molar-refractivity contribution in [1.29, 1.82) is 0 Å². The molecule has 19 heavy (non-hydrogen) atoms. The van der Waals surface area contributed by atoms with E-state index in [4.69, 9.17) is 0 Å². The molecule has 1 aromatic rings. The smallest absolute Gasteiger partial charge is 0.219 e. The fourth-order valence-electron chi connectivity index (χ4n) is 2.18. The molecule has 2 rings (SSSR count). The van der Waals surface area contributed by atoms with Gasteiger partial charge in [0.2, 0.25) is 10.0 Å². The molecule has 2 heterocycles. The summed E-state index contributed by atoms with van der Waals surface area (Å²) in [5.74, 6) is -0.00192. The van der Waals surface area contributed by atoms with E-state index >= 15 is 0 Å². The molecule has 5 nitrogen and oxygen atoms in total. The second-order valence-electron chi connectivity index (χ2n) is 4.54. The van der Waals surface area contributed by atoms with Crippen molar-refractivity contribution in [2.24, 2.45) is 0 Å². The molecule has 1 aliphatic heterocycles. The summed E-state index contributed by atoms with van der Waals surface area (Å²) in [5.41, 5.74) is 0.605. The molecule has 0 aliphatic carbocycles. The van der Waals surface area contributed by atoms with Crippen LogP contribution in [0.15, 0.2) is 24.4 Å². The Balaban J connectivity index is 0.00000180. The predicted molar refractivity (Wildman–Crippen MR) is 77.8 cm³/mol. The highest BCUT2D eigenvalue weighted by Crippen LogP contribution is 2.16. The lowest BCUT2D eigenvalue weighted by Crippen LogP contribution is -2.44. The molecule has 0 atom stereocenters. The fourth-order valence-corrected chi connectivity index (χ4v) is 3.68. The molecule has 1 saturated heterocycles. The summed E-state index contributed by atoms with van der Waals surface area (Å²) in [4.78, 5) is 4.07. The third-order valence-corrected chi connectivity index (χ3v) is 5.12. The average Bonchev–Trinajstić information content (AvgIpc) is 2.39. The van der Waals surface area contributed by atoms with Gasteiger partial charge in [-0.15, -0.1) is 12.4 Å². The Hall–Kier alpha value is -0.690. The van der Waals surface area contributed by atoms with Crippen LogP contribution in [-0.2, 0) is 15.8 Å². The molecule has 0 saturated carbocycles. The van der Waals surface area contributed by atoms with Crippen LogP contribution in [0.1, 0.15) is 18.5 Å². The van der Waals surface area contributed by atoms with Crippen molar-refractivity contribution in [1.82, 2.24) is 14.6 Å². The minimum atomic E-state index is -3.22. The van der Waals surface area contributed by atoms with Gasteiger partial charge in [0.15, 0.2) is 0 Å². The molecular weight excluding hydrogens is 286 g/mol. The topological polar surface area (TPSA) is 62.3 Å². The summed E-state index contributed by atoms with van der Waals surface area (Å²) in [6.07, 6.45) is 3.37. The van der Waals surface area contributed by atoms with E-state index in [0.29, 0.717) is 24.8 Å². The van der Waals surface area contributed by atoms with Crippen LogP contribution < -0.4 is 5.32 Å². The Morgan fingerprint density at radius 2 is 2.05 bits per heavy atom. The average molecular weight is 306 g/mol. The predicted octanol–water partition coefficient (Wildman–Crippen LogP) is 1.02. The molecule has 7 heteroatoms. The number of aromatic nitrogens is 1. The van der Waals surface area contributed by atoms with Gasteiger partial charge in [0, 0.05) is 25.3 Å². The van der Waals surface area contributed by atoms with E-state index in [1.54, 1.807) is 22.6 Å². The number of sulfonamides is 1. The number of halogens is 1. The van der Waals surface area contributed by atoms with Gasteiger partial charge in [0.05, 0.1) is 5.69 Å². The first kappa shape index (κ1) is 16.4. The van der Waals surface area contributed by atoms with Crippen LogP contribution in [0.4, 0.5) is 0 Å². The molecule has 0 bridgehead atoms. The van der Waals surface area contributed by atoms with E-state index in [1.165, 1.54) is 0 Å². The lowest BCUT2D eigenvalue weighted by Gasteiger charge is -2.30. The van der Waals surface area contributed by atoms with Gasteiger partial charge in [-0.05, 0) is 32.0 Å². The quantitative estimate of drug-likeness (QED) is 0.902. The molecule has 0 unspecified atom stereocenters. The van der Waals surface area contributed by atoms with Gasteiger partial charge in [-0.3, -0.25) is 4.98 Å². The van der Waals surface area contributed by atoms with Crippen LogP contribution in [0.25, 0.3) is 0 Å². The number of nitrogens with zero attached hydrogens (tertiary/aromatic N) is 2. The van der Waals surface area contributed by atoms with Gasteiger partial charge >= 0.3 is 0 Å². The highest BCUT2D eigenvalue weighted by molar-refractivity contribution is 7.88. The summed E-state index contributed by atoms with van der Waals surface area (Å²) < 4.78 is 26.0. The van der Waals surface area contributed by atoms with Gasteiger partial charge < -0.3 is 5.32 Å². The van der Waals surface area contributed by atoms with Crippen molar-refractivity contribution in [2.45, 2.75) is 24.6 Å². The van der Waals surface area contributed by atoms with Crippen molar-refractivity contribution in [2.75, 3.05) is 20.1 Å². The Morgan fingerprint density at radius 3 is 2.58 bits per heavy atom. The summed E-state index contributed by atoms with van der Waals surface area (Å²) >= 11 is 0. The van der Waals surface area contributed by atoms with Crippen LogP contribution in [0.5, 0.6) is 0 Å². The van der Waals surface area contributed by atoms with Gasteiger partial charge in [-0.1, -0.05) is 6.07 Å². The molecule has 0 radical (unpaired) electrons. The zero-order valence-electron chi connectivity index (χ0n) is 10.9. The first-order chi connectivity index (χ1) is 8.62. The third-order valence-electron chi connectivity index (χ3n) is 3.31. The van der Waals surface area contributed by atoms with Crippen LogP contribution >= 0.6 is 12.4 Å². The van der Waals surface area contributed by atoms with E-state index in [2.05, 4.69) is 10.3 Å². The van der Waals surface area contributed by atoms with E-state index < -0.39 is 10.0 Å². The second kappa shape index (κ2) is 7.19. The Morgan fingerprint density at radius 1 is 1.37 bits per heavy atom. The molecule has 0 aromatic carbocycles. The van der Waals surface area contributed by atoms with E-state index in [0.717, 1.165) is 12.8 Å². The van der Waals surface area contributed by atoms with Crippen molar-refractivity contribution in [3.05, 3.63) is 30.1 Å². The number of piperidine rings is 1. The molecule has 0 amide bonds. The first-order valence-electron chi connectivity index (χ1n) is 6.17. The molecule has 1 aliphatic rings. The van der Waals surface area contributed by atoms with Crippen LogP contribution in [0, 0.1) is 0 Å². The van der Waals surface area contributed by atoms with Crippen molar-refractivity contribution < 1.29 is 8.42 Å². The highest BCUT2D eigenvalue weighted by Gasteiger charge is 2.27. The number of hydrogen-bond acceptors (Lipinski definition) is 4. The molecule has 1 fully saturated rings. The van der Waals surface area contributed by atoms with E-state index in [9.17, 15) is 8.42 Å². The Kier molecular flexibility index (Phi) is 6.19. The van der Waals surface area contributed by atoms with Crippen LogP contribution in [-0.4, -0.2) is 43.9 Å². The summed E-state index contributed by atoms with van der Waals surface area (Å²) in [6.45, 7) is 1.20. The largest absolute Gasteiger partial charge is 0.317 e. The first-order valence-corrected chi connectivity index (χ1v) is 7.78. The summed E-state index contributed by atoms with van der Waals surface area (Å²) in [6, 6.07) is 5.78.